The quantitative estimate of drug-likeness (QED) is 0.691. The predicted molar refractivity (Wildman–Crippen MR) is 79.3 cm³/mol. The van der Waals surface area contributed by atoms with E-state index in [0.717, 1.165) is 32.2 Å². The zero-order valence-corrected chi connectivity index (χ0v) is 12.1. The predicted octanol–water partition coefficient (Wildman–Crippen LogP) is 2.31. The van der Waals surface area contributed by atoms with Crippen molar-refractivity contribution in [1.29, 1.82) is 0 Å². The van der Waals surface area contributed by atoms with Gasteiger partial charge in [0.05, 0.1) is 6.61 Å². The first kappa shape index (κ1) is 14.5. The summed E-state index contributed by atoms with van der Waals surface area (Å²) in [5.74, 6) is 0.861. The molecule has 0 aromatic heterocycles. The van der Waals surface area contributed by atoms with Crippen LogP contribution in [0.1, 0.15) is 24.4 Å². The van der Waals surface area contributed by atoms with Gasteiger partial charge in [-0.1, -0.05) is 30.3 Å². The second-order valence-electron chi connectivity index (χ2n) is 5.53. The molecule has 19 heavy (non-hydrogen) atoms. The van der Waals surface area contributed by atoms with E-state index in [-0.39, 0.29) is 0 Å². The molecule has 2 rings (SSSR count). The van der Waals surface area contributed by atoms with E-state index in [4.69, 9.17) is 4.74 Å². The van der Waals surface area contributed by atoms with Crippen LogP contribution in [-0.2, 0) is 4.74 Å². The van der Waals surface area contributed by atoms with Gasteiger partial charge in [-0.3, -0.25) is 0 Å². The van der Waals surface area contributed by atoms with Gasteiger partial charge in [0.1, 0.15) is 0 Å². The summed E-state index contributed by atoms with van der Waals surface area (Å²) < 4.78 is 5.69. The number of ether oxygens (including phenoxy) is 1. The first-order chi connectivity index (χ1) is 9.29. The summed E-state index contributed by atoms with van der Waals surface area (Å²) in [5.41, 5.74) is 1.34. The van der Waals surface area contributed by atoms with Gasteiger partial charge in [-0.25, -0.2) is 0 Å². The molecule has 0 spiro atoms. The van der Waals surface area contributed by atoms with Crippen LogP contribution in [0.3, 0.4) is 0 Å². The molecule has 0 amide bonds. The fourth-order valence-electron chi connectivity index (χ4n) is 2.21. The zero-order valence-electron chi connectivity index (χ0n) is 12.1. The van der Waals surface area contributed by atoms with Gasteiger partial charge < -0.3 is 15.0 Å². The maximum absolute atomic E-state index is 5.69. The standard InChI is InChI=1S/C16H26N2O/c1-17-16(15-6-4-3-5-7-15)12-18(2)10-11-19-13-14-8-9-14/h3-7,14,16-17H,8-13H2,1-2H3. The zero-order chi connectivity index (χ0) is 13.5. The summed E-state index contributed by atoms with van der Waals surface area (Å²) >= 11 is 0. The summed E-state index contributed by atoms with van der Waals surface area (Å²) in [6.07, 6.45) is 2.73. The third kappa shape index (κ3) is 5.31. The number of hydrogen-bond donors (Lipinski definition) is 1. The van der Waals surface area contributed by atoms with E-state index >= 15 is 0 Å². The smallest absolute Gasteiger partial charge is 0.0593 e. The average molecular weight is 262 g/mol. The molecule has 3 nitrogen and oxygen atoms in total. The number of nitrogens with one attached hydrogen (secondary N) is 1. The average Bonchev–Trinajstić information content (AvgIpc) is 3.26. The largest absolute Gasteiger partial charge is 0.380 e. The normalized spacial score (nSPS) is 16.8. The van der Waals surface area contributed by atoms with Crippen LogP contribution in [0.25, 0.3) is 0 Å². The topological polar surface area (TPSA) is 24.5 Å². The number of rotatable bonds is 9. The Labute approximate surface area is 116 Å². The van der Waals surface area contributed by atoms with Gasteiger partial charge in [0.15, 0.2) is 0 Å². The molecule has 3 heteroatoms. The molecule has 1 N–H and O–H groups in total. The second-order valence-corrected chi connectivity index (χ2v) is 5.53. The Morgan fingerprint density at radius 1 is 1.32 bits per heavy atom. The fraction of sp³-hybridized carbons (Fsp3) is 0.625. The van der Waals surface area contributed by atoms with E-state index < -0.39 is 0 Å². The highest BCUT2D eigenvalue weighted by Crippen LogP contribution is 2.28. The Bertz CT molecular complexity index is 351. The van der Waals surface area contributed by atoms with Crippen LogP contribution in [0.2, 0.25) is 0 Å². The number of nitrogens with zero attached hydrogens (tertiary/aromatic N) is 1. The molecule has 0 bridgehead atoms. The lowest BCUT2D eigenvalue weighted by atomic mass is 10.1. The minimum Gasteiger partial charge on any atom is -0.380 e. The lowest BCUT2D eigenvalue weighted by Crippen LogP contribution is -2.33. The molecule has 1 aliphatic carbocycles. The van der Waals surface area contributed by atoms with Gasteiger partial charge in [0, 0.05) is 25.7 Å². The number of benzene rings is 1. The molecule has 1 fully saturated rings. The van der Waals surface area contributed by atoms with Crippen molar-refractivity contribution in [1.82, 2.24) is 10.2 Å². The van der Waals surface area contributed by atoms with Gasteiger partial charge >= 0.3 is 0 Å². The minimum absolute atomic E-state index is 0.384. The number of hydrogen-bond acceptors (Lipinski definition) is 3. The molecule has 0 saturated heterocycles. The molecule has 1 aromatic rings. The number of likely N-dealkylation sites (N-methyl/N-ethyl adjacent to an activating group) is 2. The first-order valence-electron chi connectivity index (χ1n) is 7.28. The van der Waals surface area contributed by atoms with Crippen molar-refractivity contribution in [3.63, 3.8) is 0 Å². The Balaban J connectivity index is 1.68. The maximum atomic E-state index is 5.69. The molecule has 0 aliphatic heterocycles. The van der Waals surface area contributed by atoms with Crippen molar-refractivity contribution in [3.8, 4) is 0 Å². The van der Waals surface area contributed by atoms with Crippen LogP contribution in [-0.4, -0.2) is 45.3 Å². The summed E-state index contributed by atoms with van der Waals surface area (Å²) in [7, 11) is 4.18. The van der Waals surface area contributed by atoms with Gasteiger partial charge in [-0.15, -0.1) is 0 Å². The van der Waals surface area contributed by atoms with Crippen LogP contribution in [0.15, 0.2) is 30.3 Å². The van der Waals surface area contributed by atoms with Crippen molar-refractivity contribution in [3.05, 3.63) is 35.9 Å². The van der Waals surface area contributed by atoms with E-state index in [9.17, 15) is 0 Å². The highest BCUT2D eigenvalue weighted by atomic mass is 16.5. The van der Waals surface area contributed by atoms with Crippen LogP contribution in [0, 0.1) is 5.92 Å². The summed E-state index contributed by atoms with van der Waals surface area (Å²) in [6, 6.07) is 11.0. The monoisotopic (exact) mass is 262 g/mol. The molecular weight excluding hydrogens is 236 g/mol. The second kappa shape index (κ2) is 7.63. The highest BCUT2D eigenvalue weighted by Gasteiger charge is 2.21. The SMILES string of the molecule is CNC(CN(C)CCOCC1CC1)c1ccccc1. The van der Waals surface area contributed by atoms with E-state index in [1.165, 1.54) is 18.4 Å². The lowest BCUT2D eigenvalue weighted by molar-refractivity contribution is 0.101. The van der Waals surface area contributed by atoms with Crippen molar-refractivity contribution in [2.75, 3.05) is 40.4 Å². The van der Waals surface area contributed by atoms with Gasteiger partial charge in [-0.05, 0) is 38.4 Å². The molecular formula is C16H26N2O. The summed E-state index contributed by atoms with van der Waals surface area (Å²) in [4.78, 5) is 2.33. The maximum Gasteiger partial charge on any atom is 0.0593 e. The van der Waals surface area contributed by atoms with Crippen molar-refractivity contribution in [2.24, 2.45) is 5.92 Å². The fourth-order valence-corrected chi connectivity index (χ4v) is 2.21. The van der Waals surface area contributed by atoms with Crippen LogP contribution < -0.4 is 5.32 Å². The van der Waals surface area contributed by atoms with Crippen LogP contribution in [0.4, 0.5) is 0 Å². The third-order valence-corrected chi connectivity index (χ3v) is 3.71. The third-order valence-electron chi connectivity index (χ3n) is 3.71. The van der Waals surface area contributed by atoms with Crippen molar-refractivity contribution in [2.45, 2.75) is 18.9 Å². The Morgan fingerprint density at radius 3 is 2.68 bits per heavy atom. The van der Waals surface area contributed by atoms with E-state index in [1.807, 2.05) is 7.05 Å². The molecule has 0 heterocycles. The molecule has 106 valence electrons. The molecule has 1 aromatic carbocycles. The van der Waals surface area contributed by atoms with Crippen molar-refractivity contribution >= 4 is 0 Å². The Kier molecular flexibility index (Phi) is 5.83. The van der Waals surface area contributed by atoms with E-state index in [1.54, 1.807) is 0 Å². The minimum atomic E-state index is 0.384. The van der Waals surface area contributed by atoms with Crippen LogP contribution in [0.5, 0.6) is 0 Å². The molecule has 1 aliphatic rings. The Morgan fingerprint density at radius 2 is 2.05 bits per heavy atom. The van der Waals surface area contributed by atoms with Gasteiger partial charge in [-0.2, -0.15) is 0 Å². The molecule has 0 radical (unpaired) electrons. The van der Waals surface area contributed by atoms with Gasteiger partial charge in [0.25, 0.3) is 0 Å². The molecule has 1 saturated carbocycles. The van der Waals surface area contributed by atoms with E-state index in [0.29, 0.717) is 6.04 Å². The summed E-state index contributed by atoms with van der Waals surface area (Å²) in [5, 5.41) is 3.39. The molecule has 1 atom stereocenters. The summed E-state index contributed by atoms with van der Waals surface area (Å²) in [6.45, 7) is 3.81. The van der Waals surface area contributed by atoms with E-state index in [2.05, 4.69) is 47.6 Å². The van der Waals surface area contributed by atoms with Crippen molar-refractivity contribution < 1.29 is 4.74 Å². The van der Waals surface area contributed by atoms with Crippen LogP contribution >= 0.6 is 0 Å². The first-order valence-corrected chi connectivity index (χ1v) is 7.28. The van der Waals surface area contributed by atoms with Gasteiger partial charge in [0.2, 0.25) is 0 Å². The lowest BCUT2D eigenvalue weighted by Gasteiger charge is -2.24. The highest BCUT2D eigenvalue weighted by molar-refractivity contribution is 5.19. The molecule has 1 unspecified atom stereocenters. The Hall–Kier alpha value is -0.900.